The lowest BCUT2D eigenvalue weighted by atomic mass is 10.1. The predicted octanol–water partition coefficient (Wildman–Crippen LogP) is 8.94. The Balaban J connectivity index is 1.14. The Morgan fingerprint density at radius 2 is 1.44 bits per heavy atom. The molecule has 1 atom stereocenters. The molecule has 6 aromatic rings. The number of anilines is 2. The third-order valence-electron chi connectivity index (χ3n) is 7.62. The number of amides is 3. The molecule has 0 aliphatic carbocycles. The number of hydrogen-bond donors (Lipinski definition) is 3. The fraction of sp³-hybridized carbons (Fsp3) is 0.0750. The first-order chi connectivity index (χ1) is 23.3. The van der Waals surface area contributed by atoms with Gasteiger partial charge in [0.15, 0.2) is 0 Å². The first-order valence-electron chi connectivity index (χ1n) is 15.4. The van der Waals surface area contributed by atoms with Crippen LogP contribution in [0.1, 0.15) is 28.6 Å². The van der Waals surface area contributed by atoms with E-state index in [4.69, 9.17) is 4.42 Å². The van der Waals surface area contributed by atoms with Gasteiger partial charge in [-0.25, -0.2) is 0 Å². The van der Waals surface area contributed by atoms with Crippen LogP contribution in [0.2, 0.25) is 0 Å². The largest absolute Gasteiger partial charge is 0.457 e. The van der Waals surface area contributed by atoms with Crippen molar-refractivity contribution in [3.8, 4) is 11.3 Å². The van der Waals surface area contributed by atoms with Crippen LogP contribution in [0.4, 0.5) is 11.4 Å². The first-order valence-corrected chi connectivity index (χ1v) is 16.3. The molecule has 0 radical (unpaired) electrons. The zero-order chi connectivity index (χ0) is 33.5. The van der Waals surface area contributed by atoms with E-state index in [2.05, 4.69) is 16.0 Å². The summed E-state index contributed by atoms with van der Waals surface area (Å²) >= 11 is 1.41. The minimum Gasteiger partial charge on any atom is -0.457 e. The molecule has 1 unspecified atom stereocenters. The third-order valence-corrected chi connectivity index (χ3v) is 8.73. The predicted molar refractivity (Wildman–Crippen MR) is 194 cm³/mol. The van der Waals surface area contributed by atoms with E-state index in [9.17, 15) is 14.4 Å². The van der Waals surface area contributed by atoms with Crippen LogP contribution in [0.5, 0.6) is 0 Å². The molecule has 3 amide bonds. The second-order valence-electron chi connectivity index (χ2n) is 11.2. The molecule has 3 N–H and O–H groups in total. The highest BCUT2D eigenvalue weighted by molar-refractivity contribution is 8.00. The normalized spacial score (nSPS) is 11.9. The van der Waals surface area contributed by atoms with E-state index in [-0.39, 0.29) is 16.9 Å². The van der Waals surface area contributed by atoms with Gasteiger partial charge in [0.2, 0.25) is 5.91 Å². The van der Waals surface area contributed by atoms with Crippen molar-refractivity contribution in [1.29, 1.82) is 0 Å². The fourth-order valence-electron chi connectivity index (χ4n) is 5.03. The van der Waals surface area contributed by atoms with Gasteiger partial charge in [-0.05, 0) is 73.8 Å². The second-order valence-corrected chi connectivity index (χ2v) is 12.6. The van der Waals surface area contributed by atoms with E-state index in [1.54, 1.807) is 42.5 Å². The lowest BCUT2D eigenvalue weighted by Gasteiger charge is -2.14. The molecular weight excluding hydrogens is 619 g/mol. The highest BCUT2D eigenvalue weighted by atomic mass is 32.2. The topological polar surface area (TPSA) is 100 Å². The standard InChI is InChI=1S/C40H33N3O4S/c1-26-15-17-29(18-16-26)37-24-21-32(47-37)25-36(43-39(45)30-10-4-3-5-11-30)40(46)41-31-19-22-33(23-20-31)48-27(2)38(44)42-35-14-8-12-28-9-6-7-13-34(28)35/h3-25,27H,1-2H3,(H,41,46)(H,42,44)(H,43,45)/b36-25-. The van der Waals surface area contributed by atoms with Crippen LogP contribution in [0.3, 0.4) is 0 Å². The summed E-state index contributed by atoms with van der Waals surface area (Å²) < 4.78 is 6.02. The SMILES string of the molecule is Cc1ccc(-c2ccc(/C=C(\NC(=O)c3ccccc3)C(=O)Nc3ccc(SC(C)C(=O)Nc4cccc5ccccc45)cc3)o2)cc1. The molecule has 0 fully saturated rings. The van der Waals surface area contributed by atoms with Crippen LogP contribution in [0, 0.1) is 6.92 Å². The maximum Gasteiger partial charge on any atom is 0.272 e. The van der Waals surface area contributed by atoms with Crippen molar-refractivity contribution >= 4 is 57.7 Å². The Bertz CT molecular complexity index is 2100. The summed E-state index contributed by atoms with van der Waals surface area (Å²) in [6, 6.07) is 41.1. The maximum absolute atomic E-state index is 13.5. The molecule has 48 heavy (non-hydrogen) atoms. The number of rotatable bonds is 10. The lowest BCUT2D eigenvalue weighted by Crippen LogP contribution is -2.30. The molecule has 0 aliphatic rings. The van der Waals surface area contributed by atoms with E-state index in [1.165, 1.54) is 17.8 Å². The Kier molecular flexibility index (Phi) is 9.83. The molecular formula is C40H33N3O4S. The number of carbonyl (C=O) groups is 3. The van der Waals surface area contributed by atoms with Crippen molar-refractivity contribution in [2.75, 3.05) is 10.6 Å². The Morgan fingerprint density at radius 3 is 2.21 bits per heavy atom. The summed E-state index contributed by atoms with van der Waals surface area (Å²) in [5, 5.41) is 10.3. The molecule has 0 saturated carbocycles. The lowest BCUT2D eigenvalue weighted by molar-refractivity contribution is -0.115. The van der Waals surface area contributed by atoms with E-state index in [0.717, 1.165) is 32.5 Å². The van der Waals surface area contributed by atoms with E-state index in [0.29, 0.717) is 22.8 Å². The molecule has 5 aromatic carbocycles. The third kappa shape index (κ3) is 7.92. The quantitative estimate of drug-likeness (QED) is 0.101. The number of furan rings is 1. The molecule has 6 rings (SSSR count). The monoisotopic (exact) mass is 651 g/mol. The zero-order valence-corrected chi connectivity index (χ0v) is 27.2. The number of fused-ring (bicyclic) bond motifs is 1. The highest BCUT2D eigenvalue weighted by Crippen LogP contribution is 2.28. The van der Waals surface area contributed by atoms with Crippen LogP contribution in [-0.4, -0.2) is 23.0 Å². The number of carbonyl (C=O) groups excluding carboxylic acids is 3. The number of thioether (sulfide) groups is 1. The van der Waals surface area contributed by atoms with Gasteiger partial charge in [0, 0.05) is 38.9 Å². The Hall–Kier alpha value is -5.86. The van der Waals surface area contributed by atoms with Crippen molar-refractivity contribution in [3.63, 3.8) is 0 Å². The summed E-state index contributed by atoms with van der Waals surface area (Å²) in [7, 11) is 0. The van der Waals surface area contributed by atoms with Gasteiger partial charge in [-0.1, -0.05) is 84.4 Å². The van der Waals surface area contributed by atoms with Crippen molar-refractivity contribution in [2.45, 2.75) is 24.0 Å². The summed E-state index contributed by atoms with van der Waals surface area (Å²) in [6.07, 6.45) is 1.51. The van der Waals surface area contributed by atoms with Crippen molar-refractivity contribution in [2.24, 2.45) is 0 Å². The van der Waals surface area contributed by atoms with Crippen molar-refractivity contribution in [3.05, 3.63) is 156 Å². The van der Waals surface area contributed by atoms with E-state index >= 15 is 0 Å². The van der Waals surface area contributed by atoms with Gasteiger partial charge in [0.05, 0.1) is 5.25 Å². The molecule has 0 saturated heterocycles. The molecule has 1 heterocycles. The number of aryl methyl sites for hydroxylation is 1. The van der Waals surface area contributed by atoms with Crippen molar-refractivity contribution in [1.82, 2.24) is 5.32 Å². The van der Waals surface area contributed by atoms with Gasteiger partial charge in [-0.2, -0.15) is 0 Å². The maximum atomic E-state index is 13.5. The average molecular weight is 652 g/mol. The average Bonchev–Trinajstić information content (AvgIpc) is 3.58. The van der Waals surface area contributed by atoms with Gasteiger partial charge in [-0.15, -0.1) is 11.8 Å². The Labute approximate surface area is 283 Å². The molecule has 0 aliphatic heterocycles. The van der Waals surface area contributed by atoms with Crippen LogP contribution in [-0.2, 0) is 9.59 Å². The van der Waals surface area contributed by atoms with E-state index in [1.807, 2.05) is 105 Å². The smallest absolute Gasteiger partial charge is 0.272 e. The number of hydrogen-bond acceptors (Lipinski definition) is 5. The minimum atomic E-state index is -0.518. The molecule has 1 aromatic heterocycles. The molecule has 8 heteroatoms. The first kappa shape index (κ1) is 32.1. The number of nitrogens with one attached hydrogen (secondary N) is 3. The molecule has 7 nitrogen and oxygen atoms in total. The van der Waals surface area contributed by atoms with Gasteiger partial charge in [0.1, 0.15) is 17.2 Å². The molecule has 0 bridgehead atoms. The van der Waals surface area contributed by atoms with Gasteiger partial charge in [0.25, 0.3) is 11.8 Å². The highest BCUT2D eigenvalue weighted by Gasteiger charge is 2.18. The number of benzene rings is 5. The summed E-state index contributed by atoms with van der Waals surface area (Å²) in [6.45, 7) is 3.87. The minimum absolute atomic E-state index is 0.0193. The van der Waals surface area contributed by atoms with Crippen molar-refractivity contribution < 1.29 is 18.8 Å². The van der Waals surface area contributed by atoms with Gasteiger partial charge in [-0.3, -0.25) is 14.4 Å². The van der Waals surface area contributed by atoms with Gasteiger partial charge < -0.3 is 20.4 Å². The van der Waals surface area contributed by atoms with Crippen LogP contribution in [0.25, 0.3) is 28.2 Å². The van der Waals surface area contributed by atoms with Gasteiger partial charge >= 0.3 is 0 Å². The van der Waals surface area contributed by atoms with Crippen LogP contribution < -0.4 is 16.0 Å². The van der Waals surface area contributed by atoms with Crippen LogP contribution in [0.15, 0.2) is 148 Å². The fourth-order valence-corrected chi connectivity index (χ4v) is 5.90. The summed E-state index contributed by atoms with van der Waals surface area (Å²) in [4.78, 5) is 40.5. The summed E-state index contributed by atoms with van der Waals surface area (Å²) in [5.41, 5.74) is 3.76. The molecule has 0 spiro atoms. The second kappa shape index (κ2) is 14.7. The Morgan fingerprint density at radius 1 is 0.729 bits per heavy atom. The zero-order valence-electron chi connectivity index (χ0n) is 26.4. The van der Waals surface area contributed by atoms with E-state index < -0.39 is 11.8 Å². The molecule has 238 valence electrons. The summed E-state index contributed by atoms with van der Waals surface area (Å²) in [5.74, 6) is -0.00290. The van der Waals surface area contributed by atoms with Crippen LogP contribution >= 0.6 is 11.8 Å².